The highest BCUT2D eigenvalue weighted by Crippen LogP contribution is 2.39. The first-order valence-corrected chi connectivity index (χ1v) is 11.1. The van der Waals surface area contributed by atoms with E-state index in [2.05, 4.69) is 5.32 Å². The summed E-state index contributed by atoms with van der Waals surface area (Å²) < 4.78 is 26.8. The molecule has 1 saturated heterocycles. The predicted molar refractivity (Wildman–Crippen MR) is 107 cm³/mol. The second-order valence-electron chi connectivity index (χ2n) is 7.42. The fourth-order valence-electron chi connectivity index (χ4n) is 4.36. The molecule has 0 spiro atoms. The number of nitrogens with one attached hydrogen (secondary N) is 1. The van der Waals surface area contributed by atoms with Gasteiger partial charge in [0, 0.05) is 19.3 Å². The number of carbonyl (C=O) groups excluding carboxylic acids is 2. The molecule has 2 aromatic rings. The molecule has 2 aromatic carbocycles. The Kier molecular flexibility index (Phi) is 5.02. The topological polar surface area (TPSA) is 89.5 Å². The summed E-state index contributed by atoms with van der Waals surface area (Å²) in [5.41, 5.74) is 1.58. The van der Waals surface area contributed by atoms with Crippen molar-refractivity contribution >= 4 is 27.4 Å². The minimum Gasteiger partial charge on any atom is -0.318 e. The number of carbonyl (C=O) groups is 2. The van der Waals surface area contributed by atoms with Gasteiger partial charge in [-0.05, 0) is 30.2 Å². The van der Waals surface area contributed by atoms with Crippen LogP contribution in [0.5, 0.6) is 0 Å². The zero-order valence-corrected chi connectivity index (χ0v) is 16.9. The summed E-state index contributed by atoms with van der Waals surface area (Å²) in [7, 11) is -2.52. The summed E-state index contributed by atoms with van der Waals surface area (Å²) in [6, 6.07) is 13.9. The van der Waals surface area contributed by atoms with Gasteiger partial charge < -0.3 is 5.32 Å². The summed E-state index contributed by atoms with van der Waals surface area (Å²) >= 11 is 0. The van der Waals surface area contributed by atoms with Crippen LogP contribution < -0.4 is 5.32 Å². The number of anilines is 1. The maximum absolute atomic E-state index is 13.6. The first-order chi connectivity index (χ1) is 13.9. The fraction of sp³-hybridized carbons (Fsp3) is 0.333. The van der Waals surface area contributed by atoms with Crippen molar-refractivity contribution in [3.8, 4) is 0 Å². The van der Waals surface area contributed by atoms with Crippen LogP contribution >= 0.6 is 0 Å². The summed E-state index contributed by atoms with van der Waals surface area (Å²) in [6.07, 6.45) is 2.90. The molecule has 4 rings (SSSR count). The quantitative estimate of drug-likeness (QED) is 0.579. The van der Waals surface area contributed by atoms with Crippen LogP contribution in [0.3, 0.4) is 0 Å². The highest BCUT2D eigenvalue weighted by molar-refractivity contribution is 7.85. The van der Waals surface area contributed by atoms with Crippen molar-refractivity contribution in [2.45, 2.75) is 36.6 Å². The van der Waals surface area contributed by atoms with E-state index in [0.29, 0.717) is 18.7 Å². The Bertz CT molecular complexity index is 1070. The SMILES string of the molecule is CO[N+]1(S(=O)(=O)c2ccc3c(c2)C(=O)C(=O)N3)CCCC1CCc1ccccc1. The van der Waals surface area contributed by atoms with E-state index in [0.717, 1.165) is 24.8 Å². The van der Waals surface area contributed by atoms with Crippen molar-refractivity contribution in [3.63, 3.8) is 0 Å². The summed E-state index contributed by atoms with van der Waals surface area (Å²) in [5, 5.41) is 2.45. The second kappa shape index (κ2) is 7.37. The molecular weight excluding hydrogens is 392 g/mol. The normalized spacial score (nSPS) is 23.8. The van der Waals surface area contributed by atoms with Gasteiger partial charge >= 0.3 is 10.0 Å². The van der Waals surface area contributed by atoms with Gasteiger partial charge in [0.15, 0.2) is 0 Å². The monoisotopic (exact) mass is 415 g/mol. The minimum atomic E-state index is -3.94. The molecule has 1 fully saturated rings. The molecule has 152 valence electrons. The molecule has 0 saturated carbocycles. The second-order valence-corrected chi connectivity index (χ2v) is 9.46. The van der Waals surface area contributed by atoms with Gasteiger partial charge in [-0.1, -0.05) is 34.4 Å². The van der Waals surface area contributed by atoms with E-state index in [1.165, 1.54) is 25.3 Å². The Hall–Kier alpha value is -2.55. The lowest BCUT2D eigenvalue weighted by molar-refractivity contribution is -1.01. The van der Waals surface area contributed by atoms with E-state index >= 15 is 0 Å². The van der Waals surface area contributed by atoms with Gasteiger partial charge in [-0.3, -0.25) is 9.59 Å². The number of hydrogen-bond donors (Lipinski definition) is 1. The maximum Gasteiger partial charge on any atom is 0.357 e. The van der Waals surface area contributed by atoms with Crippen molar-refractivity contribution in [2.75, 3.05) is 19.0 Å². The van der Waals surface area contributed by atoms with Crippen molar-refractivity contribution in [1.82, 2.24) is 0 Å². The fourth-order valence-corrected chi connectivity index (χ4v) is 6.39. The molecule has 7 nitrogen and oxygen atoms in total. The van der Waals surface area contributed by atoms with Gasteiger partial charge in [0.05, 0.1) is 18.4 Å². The zero-order chi connectivity index (χ0) is 20.6. The molecular formula is C21H23N2O5S+. The lowest BCUT2D eigenvalue weighted by Crippen LogP contribution is -2.54. The highest BCUT2D eigenvalue weighted by Gasteiger charge is 2.54. The molecule has 8 heteroatoms. The van der Waals surface area contributed by atoms with Crippen LogP contribution in [0.25, 0.3) is 0 Å². The van der Waals surface area contributed by atoms with Crippen LogP contribution in [0.1, 0.15) is 35.2 Å². The Labute approximate surface area is 169 Å². The van der Waals surface area contributed by atoms with Crippen LogP contribution in [-0.2, 0) is 26.1 Å². The molecule has 0 aliphatic carbocycles. The van der Waals surface area contributed by atoms with E-state index in [1.807, 2.05) is 30.3 Å². The van der Waals surface area contributed by atoms with Gasteiger partial charge in [-0.25, -0.2) is 0 Å². The molecule has 1 amide bonds. The number of rotatable bonds is 6. The molecule has 2 aliphatic rings. The molecule has 29 heavy (non-hydrogen) atoms. The zero-order valence-electron chi connectivity index (χ0n) is 16.1. The minimum absolute atomic E-state index is 0.00504. The van der Waals surface area contributed by atoms with Gasteiger partial charge in [-0.2, -0.15) is 13.3 Å². The van der Waals surface area contributed by atoms with E-state index in [4.69, 9.17) is 4.84 Å². The Balaban J connectivity index is 1.66. The van der Waals surface area contributed by atoms with E-state index < -0.39 is 25.8 Å². The van der Waals surface area contributed by atoms with E-state index in [1.54, 1.807) is 0 Å². The average molecular weight is 415 g/mol. The van der Waals surface area contributed by atoms with Crippen LogP contribution in [-0.4, -0.2) is 43.9 Å². The Morgan fingerprint density at radius 1 is 1.14 bits per heavy atom. The molecule has 2 unspecified atom stereocenters. The summed E-state index contributed by atoms with van der Waals surface area (Å²) in [6.45, 7) is 0.348. The van der Waals surface area contributed by atoms with Crippen molar-refractivity contribution in [2.24, 2.45) is 0 Å². The number of quaternary nitrogens is 1. The van der Waals surface area contributed by atoms with Gasteiger partial charge in [0.1, 0.15) is 17.5 Å². The highest BCUT2D eigenvalue weighted by atomic mass is 32.2. The Morgan fingerprint density at radius 2 is 1.90 bits per heavy atom. The number of hydroxylamine groups is 2. The summed E-state index contributed by atoms with van der Waals surface area (Å²) in [5.74, 6) is -1.46. The lowest BCUT2D eigenvalue weighted by atomic mass is 10.0. The van der Waals surface area contributed by atoms with E-state index in [9.17, 15) is 18.0 Å². The molecule has 0 aromatic heterocycles. The molecule has 2 heterocycles. The number of nitrogens with zero attached hydrogens (tertiary/aromatic N) is 1. The van der Waals surface area contributed by atoms with Gasteiger partial charge in [0.25, 0.3) is 11.7 Å². The number of fused-ring (bicyclic) bond motifs is 1. The third-order valence-corrected chi connectivity index (χ3v) is 8.17. The number of amides is 1. The van der Waals surface area contributed by atoms with E-state index in [-0.39, 0.29) is 16.5 Å². The van der Waals surface area contributed by atoms with Crippen molar-refractivity contribution in [3.05, 3.63) is 59.7 Å². The average Bonchev–Trinajstić information content (AvgIpc) is 3.28. The Morgan fingerprint density at radius 3 is 2.62 bits per heavy atom. The number of benzene rings is 2. The molecule has 1 N–H and O–H groups in total. The third kappa shape index (κ3) is 3.17. The van der Waals surface area contributed by atoms with Crippen molar-refractivity contribution < 1.29 is 26.9 Å². The number of aryl methyl sites for hydroxylation is 1. The van der Waals surface area contributed by atoms with Crippen LogP contribution in [0.2, 0.25) is 0 Å². The number of ketones is 1. The lowest BCUT2D eigenvalue weighted by Gasteiger charge is -2.34. The molecule has 2 atom stereocenters. The summed E-state index contributed by atoms with van der Waals surface area (Å²) in [4.78, 5) is 29.3. The predicted octanol–water partition coefficient (Wildman–Crippen LogP) is 2.68. The molecule has 0 radical (unpaired) electrons. The van der Waals surface area contributed by atoms with Crippen molar-refractivity contribution in [1.29, 1.82) is 0 Å². The van der Waals surface area contributed by atoms with Crippen LogP contribution in [0.4, 0.5) is 5.69 Å². The van der Waals surface area contributed by atoms with Crippen LogP contribution in [0.15, 0.2) is 53.4 Å². The number of Topliss-reactive ketones (excluding diaryl/α,β-unsaturated/α-hetero) is 1. The van der Waals surface area contributed by atoms with Gasteiger partial charge in [0.2, 0.25) is 0 Å². The van der Waals surface area contributed by atoms with Crippen LogP contribution in [0, 0.1) is 0 Å². The first kappa shape index (κ1) is 19.8. The molecule has 2 aliphatic heterocycles. The maximum atomic E-state index is 13.6. The number of hydrogen-bond acceptors (Lipinski definition) is 5. The number of sulfonamides is 1. The molecule has 0 bridgehead atoms. The smallest absolute Gasteiger partial charge is 0.318 e. The standard InChI is InChI=1S/C21H22N2O5S/c1-28-23(13-5-8-16(23)10-9-15-6-3-2-4-7-15)29(26,27)17-11-12-19-18(14-17)20(24)21(25)22-19/h2-4,6-7,11-12,14,16H,5,8-10,13H2,1H3/p+1. The largest absolute Gasteiger partial charge is 0.357 e. The third-order valence-electron chi connectivity index (χ3n) is 5.88. The van der Waals surface area contributed by atoms with Gasteiger partial charge in [-0.15, -0.1) is 0 Å². The first-order valence-electron chi connectivity index (χ1n) is 9.61.